The van der Waals surface area contributed by atoms with Crippen LogP contribution in [0.1, 0.15) is 76.3 Å². The molecule has 1 N–H and O–H groups in total. The van der Waals surface area contributed by atoms with Crippen LogP contribution in [0.25, 0.3) is 5.57 Å². The Bertz CT molecular complexity index is 1510. The van der Waals surface area contributed by atoms with Crippen LogP contribution in [0.15, 0.2) is 72.6 Å². The van der Waals surface area contributed by atoms with E-state index in [0.29, 0.717) is 23.5 Å². The number of carboxylic acid groups (broad SMARTS) is 1. The zero-order valence-electron chi connectivity index (χ0n) is 27.4. The molecule has 6 atom stereocenters. The molecular formula is C38H46N2O5S2. The van der Waals surface area contributed by atoms with E-state index in [1.165, 1.54) is 56.0 Å². The van der Waals surface area contributed by atoms with E-state index in [4.69, 9.17) is 4.74 Å². The van der Waals surface area contributed by atoms with Crippen molar-refractivity contribution in [3.8, 4) is 0 Å². The van der Waals surface area contributed by atoms with Gasteiger partial charge in [0.2, 0.25) is 5.91 Å². The highest BCUT2D eigenvalue weighted by atomic mass is 33.1. The number of carboxylic acids is 1. The van der Waals surface area contributed by atoms with Crippen LogP contribution >= 0.6 is 21.6 Å². The predicted molar refractivity (Wildman–Crippen MR) is 188 cm³/mol. The summed E-state index contributed by atoms with van der Waals surface area (Å²) < 4.78 is 5.98. The van der Waals surface area contributed by atoms with Gasteiger partial charge in [-0.1, -0.05) is 89.6 Å². The van der Waals surface area contributed by atoms with Gasteiger partial charge in [-0.2, -0.15) is 0 Å². The zero-order chi connectivity index (χ0) is 33.0. The molecule has 2 saturated carbocycles. The SMILES string of the molecule is C[C@]12CC[C@H](OC(=O)CSSCCC(=O)N(CC(=O)O)Cc3ccccc3)CC1=CCC1[C@@H]2CC[C@]2(C)C(c3cccnc3)=CC[C@@H]12. The third kappa shape index (κ3) is 7.36. The number of carbonyl (C=O) groups is 3. The van der Waals surface area contributed by atoms with Crippen molar-refractivity contribution in [3.05, 3.63) is 83.7 Å². The fourth-order valence-electron chi connectivity index (χ4n) is 9.12. The van der Waals surface area contributed by atoms with E-state index in [9.17, 15) is 19.5 Å². The van der Waals surface area contributed by atoms with Gasteiger partial charge in [0.15, 0.2) is 0 Å². The van der Waals surface area contributed by atoms with Crippen LogP contribution in [-0.4, -0.2) is 57.0 Å². The number of ether oxygens (including phenoxy) is 1. The molecule has 6 rings (SSSR count). The van der Waals surface area contributed by atoms with Gasteiger partial charge in [0, 0.05) is 37.5 Å². The lowest BCUT2D eigenvalue weighted by molar-refractivity contribution is -0.148. The topological polar surface area (TPSA) is 96.8 Å². The monoisotopic (exact) mass is 674 g/mol. The Hall–Kier alpha value is -3.04. The van der Waals surface area contributed by atoms with Crippen LogP contribution in [0, 0.1) is 28.6 Å². The number of amides is 1. The number of benzene rings is 1. The van der Waals surface area contributed by atoms with Gasteiger partial charge in [-0.25, -0.2) is 0 Å². The smallest absolute Gasteiger partial charge is 0.323 e. The highest BCUT2D eigenvalue weighted by Gasteiger charge is 2.57. The van der Waals surface area contributed by atoms with Crippen molar-refractivity contribution in [2.75, 3.05) is 18.1 Å². The average molecular weight is 675 g/mol. The summed E-state index contributed by atoms with van der Waals surface area (Å²) in [6.07, 6.45) is 16.5. The number of hydrogen-bond donors (Lipinski definition) is 1. The maximum atomic E-state index is 12.8. The third-order valence-electron chi connectivity index (χ3n) is 11.5. The van der Waals surface area contributed by atoms with E-state index in [-0.39, 0.29) is 54.1 Å². The Morgan fingerprint density at radius 2 is 1.79 bits per heavy atom. The Morgan fingerprint density at radius 1 is 0.979 bits per heavy atom. The van der Waals surface area contributed by atoms with Crippen molar-refractivity contribution in [3.63, 3.8) is 0 Å². The number of fused-ring (bicyclic) bond motifs is 5. The second-order valence-electron chi connectivity index (χ2n) is 14.1. The van der Waals surface area contributed by atoms with Gasteiger partial charge in [-0.15, -0.1) is 0 Å². The number of aromatic nitrogens is 1. The number of aliphatic carboxylic acids is 1. The first-order chi connectivity index (χ1) is 22.7. The van der Waals surface area contributed by atoms with Crippen LogP contribution < -0.4 is 0 Å². The van der Waals surface area contributed by atoms with Crippen molar-refractivity contribution in [1.29, 1.82) is 0 Å². The minimum Gasteiger partial charge on any atom is -0.480 e. The van der Waals surface area contributed by atoms with Crippen molar-refractivity contribution >= 4 is 45.0 Å². The van der Waals surface area contributed by atoms with E-state index in [1.54, 1.807) is 0 Å². The summed E-state index contributed by atoms with van der Waals surface area (Å²) in [6.45, 7) is 4.90. The first kappa shape index (κ1) is 33.8. The van der Waals surface area contributed by atoms with Gasteiger partial charge in [-0.05, 0) is 89.9 Å². The van der Waals surface area contributed by atoms with Crippen LogP contribution in [-0.2, 0) is 25.7 Å². The van der Waals surface area contributed by atoms with Gasteiger partial charge in [-0.3, -0.25) is 19.4 Å². The lowest BCUT2D eigenvalue weighted by Gasteiger charge is -2.57. The van der Waals surface area contributed by atoms with Crippen molar-refractivity contribution in [2.24, 2.45) is 28.6 Å². The molecule has 2 aromatic rings. The number of allylic oxidation sites excluding steroid dienone is 3. The highest BCUT2D eigenvalue weighted by molar-refractivity contribution is 8.76. The second kappa shape index (κ2) is 14.6. The molecule has 0 aliphatic heterocycles. The summed E-state index contributed by atoms with van der Waals surface area (Å²) in [5, 5.41) is 9.27. The lowest BCUT2D eigenvalue weighted by Crippen LogP contribution is -2.50. The minimum absolute atomic E-state index is 0.0766. The molecular weight excluding hydrogens is 629 g/mol. The molecule has 1 aromatic carbocycles. The molecule has 1 unspecified atom stereocenters. The number of nitrogens with zero attached hydrogens (tertiary/aromatic N) is 2. The van der Waals surface area contributed by atoms with Gasteiger partial charge in [0.25, 0.3) is 0 Å². The first-order valence-electron chi connectivity index (χ1n) is 17.0. The fourth-order valence-corrected chi connectivity index (χ4v) is 10.9. The summed E-state index contributed by atoms with van der Waals surface area (Å²) in [7, 11) is 2.85. The number of carbonyl (C=O) groups excluding carboxylic acids is 2. The predicted octanol–water partition coefficient (Wildman–Crippen LogP) is 7.83. The maximum Gasteiger partial charge on any atom is 0.323 e. The van der Waals surface area contributed by atoms with Crippen molar-refractivity contribution < 1.29 is 24.2 Å². The van der Waals surface area contributed by atoms with Gasteiger partial charge < -0.3 is 14.7 Å². The molecule has 4 aliphatic rings. The Kier molecular flexibility index (Phi) is 10.5. The first-order valence-corrected chi connectivity index (χ1v) is 19.4. The number of esters is 1. The number of hydrogen-bond acceptors (Lipinski definition) is 7. The van der Waals surface area contributed by atoms with Crippen LogP contribution in [0.2, 0.25) is 0 Å². The molecule has 0 radical (unpaired) electrons. The van der Waals surface area contributed by atoms with Gasteiger partial charge in [0.05, 0.1) is 0 Å². The maximum absolute atomic E-state index is 12.8. The lowest BCUT2D eigenvalue weighted by atomic mass is 9.47. The van der Waals surface area contributed by atoms with Crippen LogP contribution in [0.5, 0.6) is 0 Å². The molecule has 0 spiro atoms. The Morgan fingerprint density at radius 3 is 2.55 bits per heavy atom. The van der Waals surface area contributed by atoms with E-state index >= 15 is 0 Å². The zero-order valence-corrected chi connectivity index (χ0v) is 29.1. The number of rotatable bonds is 12. The van der Waals surface area contributed by atoms with E-state index in [2.05, 4.69) is 37.0 Å². The van der Waals surface area contributed by atoms with Gasteiger partial charge >= 0.3 is 11.9 Å². The van der Waals surface area contributed by atoms with Crippen LogP contribution in [0.3, 0.4) is 0 Å². The molecule has 2 fully saturated rings. The summed E-state index contributed by atoms with van der Waals surface area (Å²) in [5.74, 6) is 1.30. The molecule has 0 saturated heterocycles. The van der Waals surface area contributed by atoms with E-state index in [0.717, 1.165) is 37.7 Å². The average Bonchev–Trinajstić information content (AvgIpc) is 3.42. The number of pyridine rings is 1. The van der Waals surface area contributed by atoms with Gasteiger partial charge in [0.1, 0.15) is 18.4 Å². The molecule has 1 aromatic heterocycles. The summed E-state index contributed by atoms with van der Waals surface area (Å²) in [4.78, 5) is 42.6. The van der Waals surface area contributed by atoms with Crippen molar-refractivity contribution in [1.82, 2.24) is 9.88 Å². The molecule has 1 heterocycles. The normalized spacial score (nSPS) is 29.4. The quantitative estimate of drug-likeness (QED) is 0.105. The molecule has 47 heavy (non-hydrogen) atoms. The highest BCUT2D eigenvalue weighted by Crippen LogP contribution is 2.66. The second-order valence-corrected chi connectivity index (χ2v) is 16.7. The van der Waals surface area contributed by atoms with Crippen molar-refractivity contribution in [2.45, 2.75) is 77.9 Å². The molecule has 4 aliphatic carbocycles. The van der Waals surface area contributed by atoms with E-state index in [1.807, 2.05) is 48.8 Å². The summed E-state index contributed by atoms with van der Waals surface area (Å²) >= 11 is 0. The largest absolute Gasteiger partial charge is 0.480 e. The molecule has 0 bridgehead atoms. The Labute approximate surface area is 286 Å². The summed E-state index contributed by atoms with van der Waals surface area (Å²) in [6, 6.07) is 13.7. The molecule has 250 valence electrons. The summed E-state index contributed by atoms with van der Waals surface area (Å²) in [5.41, 5.74) is 5.55. The Balaban J connectivity index is 0.956. The van der Waals surface area contributed by atoms with Crippen LogP contribution in [0.4, 0.5) is 0 Å². The molecule has 9 heteroatoms. The molecule has 1 amide bonds. The standard InChI is InChI=1S/C38H46N2O5S2/c1-37-17-14-29(45-36(44)25-47-46-20-16-34(41)40(24-35(42)43)23-26-7-4-3-5-8-26)21-28(37)10-11-30-32-13-12-31(27-9-6-19-39-22-27)38(32,2)18-15-33(30)37/h3-10,12,19,22,29-30,32-33H,11,13-18,20-21,23-25H2,1-2H3,(H,42,43)/t29-,30?,32-,33-,37-,38+/m0/s1. The van der Waals surface area contributed by atoms with E-state index < -0.39 is 5.97 Å². The fraction of sp³-hybridized carbons (Fsp3) is 0.526. The minimum atomic E-state index is -1.03. The third-order valence-corrected chi connectivity index (χ3v) is 13.7. The molecule has 7 nitrogen and oxygen atoms in total.